The van der Waals surface area contributed by atoms with Gasteiger partial charge in [0.25, 0.3) is 5.91 Å². The van der Waals surface area contributed by atoms with Gasteiger partial charge in [-0.3, -0.25) is 4.79 Å². The Morgan fingerprint density at radius 3 is 1.88 bits per heavy atom. The topological polar surface area (TPSA) is 82.7 Å². The van der Waals surface area contributed by atoms with Crippen LogP contribution in [0.15, 0.2) is 109 Å². The molecule has 0 bridgehead atoms. The summed E-state index contributed by atoms with van der Waals surface area (Å²) in [5.41, 5.74) is 3.43. The molecule has 0 aliphatic heterocycles. The molecule has 3 N–H and O–H groups in total. The van der Waals surface area contributed by atoms with Crippen LogP contribution >= 0.6 is 0 Å². The van der Waals surface area contributed by atoms with Crippen molar-refractivity contribution in [3.05, 3.63) is 126 Å². The molecular weight excluding hydrogens is 512 g/mol. The van der Waals surface area contributed by atoms with Crippen LogP contribution in [-0.2, 0) is 0 Å². The van der Waals surface area contributed by atoms with Gasteiger partial charge in [-0.25, -0.2) is 4.79 Å². The Morgan fingerprint density at radius 2 is 1.29 bits per heavy atom. The van der Waals surface area contributed by atoms with Crippen molar-refractivity contribution >= 4 is 23.3 Å². The fourth-order valence-electron chi connectivity index (χ4n) is 4.55. The Kier molecular flexibility index (Phi) is 10.9. The first kappa shape index (κ1) is 29.4. The van der Waals surface area contributed by atoms with E-state index in [-0.39, 0.29) is 5.91 Å². The van der Waals surface area contributed by atoms with E-state index in [9.17, 15) is 9.59 Å². The molecule has 212 valence electrons. The molecule has 7 heteroatoms. The van der Waals surface area contributed by atoms with Crippen LogP contribution in [-0.4, -0.2) is 43.0 Å². The molecule has 0 aliphatic rings. The second-order valence-corrected chi connectivity index (χ2v) is 9.61. The van der Waals surface area contributed by atoms with Crippen molar-refractivity contribution < 1.29 is 14.3 Å². The lowest BCUT2D eigenvalue weighted by Gasteiger charge is -2.22. The largest absolute Gasteiger partial charge is 0.480 e. The average Bonchev–Trinajstić information content (AvgIpc) is 3.01. The average molecular weight is 551 g/mol. The van der Waals surface area contributed by atoms with Crippen molar-refractivity contribution in [3.63, 3.8) is 0 Å². The first-order chi connectivity index (χ1) is 20.1. The molecule has 4 aromatic rings. The third-order valence-electron chi connectivity index (χ3n) is 6.79. The van der Waals surface area contributed by atoms with Crippen molar-refractivity contribution in [2.45, 2.75) is 26.4 Å². The number of amides is 3. The second kappa shape index (κ2) is 15.2. The van der Waals surface area contributed by atoms with E-state index in [1.807, 2.05) is 78.9 Å². The first-order valence-electron chi connectivity index (χ1n) is 14.1. The summed E-state index contributed by atoms with van der Waals surface area (Å²) in [6, 6.07) is 33.8. The summed E-state index contributed by atoms with van der Waals surface area (Å²) in [5.74, 6) is 0.171. The number of benzene rings is 4. The van der Waals surface area contributed by atoms with Gasteiger partial charge in [-0.05, 0) is 67.5 Å². The van der Waals surface area contributed by atoms with Crippen molar-refractivity contribution in [1.82, 2.24) is 10.2 Å². The lowest BCUT2D eigenvalue weighted by atomic mass is 10.0. The van der Waals surface area contributed by atoms with Crippen molar-refractivity contribution in [2.75, 3.05) is 36.8 Å². The van der Waals surface area contributed by atoms with Crippen LogP contribution in [0.25, 0.3) is 0 Å². The highest BCUT2D eigenvalue weighted by Gasteiger charge is 2.21. The quantitative estimate of drug-likeness (QED) is 0.157. The summed E-state index contributed by atoms with van der Waals surface area (Å²) in [6.07, 6.45) is 0.407. The van der Waals surface area contributed by atoms with E-state index in [1.54, 1.807) is 30.3 Å². The lowest BCUT2D eigenvalue weighted by molar-refractivity contribution is 0.0945. The molecule has 7 nitrogen and oxygen atoms in total. The zero-order chi connectivity index (χ0) is 28.9. The minimum Gasteiger partial charge on any atom is -0.480 e. The Bertz CT molecular complexity index is 1340. The molecule has 0 aromatic heterocycles. The van der Waals surface area contributed by atoms with Gasteiger partial charge in [0.15, 0.2) is 0 Å². The zero-order valence-electron chi connectivity index (χ0n) is 23.7. The lowest BCUT2D eigenvalue weighted by Crippen LogP contribution is -2.30. The highest BCUT2D eigenvalue weighted by molar-refractivity contribution is 6.02. The molecule has 0 heterocycles. The zero-order valence-corrected chi connectivity index (χ0v) is 23.7. The number of nitrogens with one attached hydrogen (secondary N) is 3. The maximum absolute atomic E-state index is 13.5. The minimum absolute atomic E-state index is 0.258. The van der Waals surface area contributed by atoms with Crippen LogP contribution in [0, 0.1) is 0 Å². The summed E-state index contributed by atoms with van der Waals surface area (Å²) in [4.78, 5) is 28.5. The molecule has 0 atom stereocenters. The van der Waals surface area contributed by atoms with E-state index in [0.717, 1.165) is 37.2 Å². The van der Waals surface area contributed by atoms with Crippen LogP contribution < -0.4 is 20.7 Å². The fraction of sp³-hybridized carbons (Fsp3) is 0.235. The van der Waals surface area contributed by atoms with Crippen LogP contribution in [0.1, 0.15) is 47.9 Å². The number of hydrogen-bond donors (Lipinski definition) is 3. The Hall–Kier alpha value is -4.62. The predicted molar refractivity (Wildman–Crippen MR) is 166 cm³/mol. The first-order valence-corrected chi connectivity index (χ1v) is 14.1. The number of anilines is 2. The van der Waals surface area contributed by atoms with Gasteiger partial charge in [0, 0.05) is 17.9 Å². The molecule has 0 unspecified atom stereocenters. The van der Waals surface area contributed by atoms with Gasteiger partial charge >= 0.3 is 6.03 Å². The molecule has 0 spiro atoms. The van der Waals surface area contributed by atoms with Gasteiger partial charge in [-0.2, -0.15) is 0 Å². The van der Waals surface area contributed by atoms with Gasteiger partial charge < -0.3 is 25.6 Å². The van der Waals surface area contributed by atoms with E-state index in [1.165, 1.54) is 0 Å². The van der Waals surface area contributed by atoms with Crippen molar-refractivity contribution in [1.29, 1.82) is 0 Å². The number of hydrogen-bond acceptors (Lipinski definition) is 4. The van der Waals surface area contributed by atoms with Gasteiger partial charge in [-0.15, -0.1) is 0 Å². The maximum atomic E-state index is 13.5. The molecular formula is C34H38N4O3. The Labute approximate surface area is 242 Å². The SMILES string of the molecule is CCN(CC)CCCNC(=O)c1cc(NC(=O)Nc2ccccc2)ccc1OC(c1ccccc1)c1ccccc1. The number of carbonyl (C=O) groups is 2. The predicted octanol–water partition coefficient (Wildman–Crippen LogP) is 6.96. The molecule has 41 heavy (non-hydrogen) atoms. The normalized spacial score (nSPS) is 10.8. The third kappa shape index (κ3) is 8.68. The number of ether oxygens (including phenoxy) is 1. The van der Waals surface area contributed by atoms with Crippen LogP contribution in [0.3, 0.4) is 0 Å². The Morgan fingerprint density at radius 1 is 0.732 bits per heavy atom. The molecule has 0 fully saturated rings. The monoisotopic (exact) mass is 550 g/mol. The standard InChI is InChI=1S/C34H38N4O3/c1-3-38(4-2)24-14-23-35-33(39)30-25-29(37-34(40)36-28-19-12-7-13-20-28)21-22-31(30)41-32(26-15-8-5-9-16-26)27-17-10-6-11-18-27/h5-13,15-22,25,32H,3-4,14,23-24H2,1-2H3,(H,35,39)(H2,36,37,40). The van der Waals surface area contributed by atoms with E-state index >= 15 is 0 Å². The van der Waals surface area contributed by atoms with Crippen LogP contribution in [0.5, 0.6) is 5.75 Å². The Balaban J connectivity index is 1.58. The summed E-state index contributed by atoms with van der Waals surface area (Å²) in [6.45, 7) is 7.65. The highest BCUT2D eigenvalue weighted by Crippen LogP contribution is 2.32. The van der Waals surface area contributed by atoms with Gasteiger partial charge in [0.05, 0.1) is 5.56 Å². The van der Waals surface area contributed by atoms with Crippen LogP contribution in [0.4, 0.5) is 16.2 Å². The summed E-state index contributed by atoms with van der Waals surface area (Å²) in [5, 5.41) is 8.68. The van der Waals surface area contributed by atoms with Crippen molar-refractivity contribution in [3.8, 4) is 5.75 Å². The maximum Gasteiger partial charge on any atom is 0.323 e. The smallest absolute Gasteiger partial charge is 0.323 e. The summed E-state index contributed by atoms with van der Waals surface area (Å²) >= 11 is 0. The minimum atomic E-state index is -0.424. The van der Waals surface area contributed by atoms with E-state index in [4.69, 9.17) is 4.74 Å². The number of rotatable bonds is 13. The van der Waals surface area contributed by atoms with E-state index in [2.05, 4.69) is 34.7 Å². The summed E-state index contributed by atoms with van der Waals surface area (Å²) < 4.78 is 6.58. The molecule has 0 radical (unpaired) electrons. The van der Waals surface area contributed by atoms with Gasteiger partial charge in [-0.1, -0.05) is 92.7 Å². The molecule has 0 aliphatic carbocycles. The fourth-order valence-corrected chi connectivity index (χ4v) is 4.55. The third-order valence-corrected chi connectivity index (χ3v) is 6.79. The summed E-state index contributed by atoms with van der Waals surface area (Å²) in [7, 11) is 0. The number of urea groups is 1. The highest BCUT2D eigenvalue weighted by atomic mass is 16.5. The molecule has 3 amide bonds. The van der Waals surface area contributed by atoms with E-state index < -0.39 is 12.1 Å². The number of nitrogens with zero attached hydrogens (tertiary/aromatic N) is 1. The second-order valence-electron chi connectivity index (χ2n) is 9.61. The number of para-hydroxylation sites is 1. The van der Waals surface area contributed by atoms with E-state index in [0.29, 0.717) is 29.2 Å². The molecule has 0 saturated heterocycles. The molecule has 4 rings (SSSR count). The van der Waals surface area contributed by atoms with Crippen molar-refractivity contribution in [2.24, 2.45) is 0 Å². The van der Waals surface area contributed by atoms with Gasteiger partial charge in [0.1, 0.15) is 11.9 Å². The molecule has 0 saturated carbocycles. The van der Waals surface area contributed by atoms with Gasteiger partial charge in [0.2, 0.25) is 0 Å². The van der Waals surface area contributed by atoms with Crippen LogP contribution in [0.2, 0.25) is 0 Å². The number of carbonyl (C=O) groups excluding carboxylic acids is 2. The molecule has 4 aromatic carbocycles.